The number of nitrogens with zero attached hydrogens (tertiary/aromatic N) is 3. The van der Waals surface area contributed by atoms with Crippen LogP contribution in [0.3, 0.4) is 0 Å². The summed E-state index contributed by atoms with van der Waals surface area (Å²) in [5.41, 5.74) is 6.69. The maximum absolute atomic E-state index is 12.5. The van der Waals surface area contributed by atoms with Gasteiger partial charge in [-0.2, -0.15) is 0 Å². The molecule has 2 unspecified atom stereocenters. The molecule has 1 aromatic rings. The van der Waals surface area contributed by atoms with E-state index in [1.54, 1.807) is 24.3 Å². The van der Waals surface area contributed by atoms with Gasteiger partial charge in [0.15, 0.2) is 5.96 Å². The van der Waals surface area contributed by atoms with Gasteiger partial charge in [-0.3, -0.25) is 25.1 Å². The average Bonchev–Trinajstić information content (AvgIpc) is 3.20. The van der Waals surface area contributed by atoms with E-state index in [4.69, 9.17) is 5.73 Å². The summed E-state index contributed by atoms with van der Waals surface area (Å²) in [6, 6.07) is 4.72. The van der Waals surface area contributed by atoms with E-state index in [0.717, 1.165) is 5.69 Å². The maximum Gasteiger partial charge on any atom is 2.00 e. The van der Waals surface area contributed by atoms with E-state index in [0.29, 0.717) is 19.8 Å². The summed E-state index contributed by atoms with van der Waals surface area (Å²) in [7, 11) is 0. The number of aliphatic carboxylic acids is 2. The van der Waals surface area contributed by atoms with Gasteiger partial charge in [0, 0.05) is 36.4 Å². The summed E-state index contributed by atoms with van der Waals surface area (Å²) in [5.74, 6) is -3.75. The summed E-state index contributed by atoms with van der Waals surface area (Å²) in [4.78, 5) is 55.0. The van der Waals surface area contributed by atoms with Crippen molar-refractivity contribution in [1.82, 2.24) is 20.9 Å². The van der Waals surface area contributed by atoms with E-state index in [1.165, 1.54) is 0 Å². The van der Waals surface area contributed by atoms with Gasteiger partial charge >= 0.3 is 37.7 Å². The number of hydrogen-bond donors (Lipinski definition) is 4. The molecule has 4 rings (SSSR count). The van der Waals surface area contributed by atoms with Crippen LogP contribution >= 0.6 is 0 Å². The number of rotatable bonds is 7. The Morgan fingerprint density at radius 2 is 1.94 bits per heavy atom. The first-order valence-electron chi connectivity index (χ1n) is 10.4. The second-order valence-corrected chi connectivity index (χ2v) is 8.14. The van der Waals surface area contributed by atoms with E-state index in [1.807, 2.05) is 0 Å². The Labute approximate surface area is 224 Å². The van der Waals surface area contributed by atoms with Gasteiger partial charge in [-0.05, 0) is 37.1 Å². The maximum atomic E-state index is 12.5. The molecule has 0 bridgehead atoms. The first-order valence-corrected chi connectivity index (χ1v) is 10.4. The van der Waals surface area contributed by atoms with Crippen LogP contribution in [-0.2, 0) is 14.4 Å². The molecule has 0 aliphatic carbocycles. The summed E-state index contributed by atoms with van der Waals surface area (Å²) < 4.78 is 0. The van der Waals surface area contributed by atoms with Crippen molar-refractivity contribution in [3.8, 4) is 0 Å². The van der Waals surface area contributed by atoms with E-state index >= 15 is 0 Å². The second kappa shape index (κ2) is 10.9. The molecular formula is C20H23CaN7O6. The largest absolute Gasteiger partial charge is 2.00 e. The van der Waals surface area contributed by atoms with Crippen LogP contribution in [0, 0.1) is 0 Å². The molecule has 14 heteroatoms. The Bertz CT molecular complexity index is 1000. The normalized spacial score (nSPS) is 24.6. The monoisotopic (exact) mass is 497 g/mol. The first kappa shape index (κ1) is 26.2. The molecule has 13 nitrogen and oxygen atoms in total. The molecule has 3 aliphatic heterocycles. The summed E-state index contributed by atoms with van der Waals surface area (Å²) in [5, 5.41) is 29.8. The van der Waals surface area contributed by atoms with Crippen molar-refractivity contribution in [2.24, 2.45) is 10.7 Å². The Morgan fingerprint density at radius 1 is 1.24 bits per heavy atom. The Morgan fingerprint density at radius 3 is 2.59 bits per heavy atom. The molecule has 5 N–H and O–H groups in total. The predicted octanol–water partition coefficient (Wildman–Crippen LogP) is -5.13. The van der Waals surface area contributed by atoms with Crippen molar-refractivity contribution >= 4 is 73.1 Å². The van der Waals surface area contributed by atoms with Crippen LogP contribution in [0.15, 0.2) is 29.3 Å². The number of aliphatic imine (C=N–C) groups is 1. The number of carboxylic acids is 2. The first-order chi connectivity index (χ1) is 15.7. The Balaban J connectivity index is 0.00000324. The van der Waals surface area contributed by atoms with Crippen LogP contribution in [0.5, 0.6) is 0 Å². The number of carbonyl (C=O) groups excluding carboxylic acids is 4. The zero-order chi connectivity index (χ0) is 23.7. The van der Waals surface area contributed by atoms with E-state index in [-0.39, 0.29) is 67.6 Å². The minimum absolute atomic E-state index is 0. The number of nitrogens with one attached hydrogen (secondary N) is 3. The Hall–Kier alpha value is -2.45. The van der Waals surface area contributed by atoms with Gasteiger partial charge in [0.2, 0.25) is 5.91 Å². The number of carboxylic acid groups (broad SMARTS) is 2. The molecule has 4 atom stereocenters. The summed E-state index contributed by atoms with van der Waals surface area (Å²) in [6.45, 7) is 1.78. The molecule has 0 aromatic heterocycles. The van der Waals surface area contributed by atoms with E-state index < -0.39 is 42.5 Å². The smallest absolute Gasteiger partial charge is 0.550 e. The molecule has 0 saturated carbocycles. The number of fused-ring (bicyclic) bond motifs is 3. The van der Waals surface area contributed by atoms with Gasteiger partial charge in [0.25, 0.3) is 5.91 Å². The molecule has 2 saturated heterocycles. The van der Waals surface area contributed by atoms with Crippen LogP contribution in [0.4, 0.5) is 5.69 Å². The van der Waals surface area contributed by atoms with Crippen LogP contribution in [0.1, 0.15) is 23.2 Å². The van der Waals surface area contributed by atoms with Gasteiger partial charge in [-0.1, -0.05) is 0 Å². The molecule has 2 fully saturated rings. The van der Waals surface area contributed by atoms with Crippen molar-refractivity contribution in [2.75, 3.05) is 24.7 Å². The van der Waals surface area contributed by atoms with Crippen LogP contribution in [-0.4, -0.2) is 116 Å². The number of amides is 2. The number of anilines is 1. The number of nitrogens with two attached hydrogens (primary N) is 1. The molecule has 3 heterocycles. The number of piperazine rings is 1. The average molecular weight is 498 g/mol. The van der Waals surface area contributed by atoms with Gasteiger partial charge in [0.1, 0.15) is 12.2 Å². The van der Waals surface area contributed by atoms with Gasteiger partial charge < -0.3 is 35.8 Å². The van der Waals surface area contributed by atoms with Gasteiger partial charge in [-0.15, -0.1) is 0 Å². The second-order valence-electron chi connectivity index (χ2n) is 8.14. The number of benzene rings is 1. The molecule has 3 aliphatic rings. The minimum atomic E-state index is -1.57. The van der Waals surface area contributed by atoms with Gasteiger partial charge in [0.05, 0.1) is 18.7 Å². The summed E-state index contributed by atoms with van der Waals surface area (Å²) >= 11 is 0. The zero-order valence-electron chi connectivity index (χ0n) is 18.2. The topological polar surface area (TPSA) is 195 Å². The summed E-state index contributed by atoms with van der Waals surface area (Å²) in [6.07, 6.45) is -1.26. The fourth-order valence-corrected chi connectivity index (χ4v) is 4.33. The third-order valence-corrected chi connectivity index (χ3v) is 5.97. The van der Waals surface area contributed by atoms with E-state index in [9.17, 15) is 29.4 Å². The van der Waals surface area contributed by atoms with Crippen molar-refractivity contribution in [1.29, 1.82) is 0 Å². The standard InChI is InChI=1S/C20H25N7O6.Ca/c21-20-24-16-15(18(31)25-20)27-9-26(8-12(27)7-22-16)11-3-1-10(2-4-11)17(30)23-13(19(32)33)5-6-14(28)29;/h1-4,12-13,15-16,22H,5-9H2,(H,23,30)(H,28,29)(H,32,33)(H3,21,24,25,31);/q;+2/p-2/t12-,13-,15?,16?;/m0./s1. The fraction of sp³-hybridized carbons (Fsp3) is 0.450. The molecule has 176 valence electrons. The van der Waals surface area contributed by atoms with Crippen LogP contribution in [0.25, 0.3) is 0 Å². The SMILES string of the molecule is NC1=NC2NC[C@H]3CN(c4ccc(C(=O)N[C@@H](CCC(=O)[O-])C(=O)[O-])cc4)CN3C2C(=O)N1.[Ca+2]. The molecular weight excluding hydrogens is 474 g/mol. The fourth-order valence-electron chi connectivity index (χ4n) is 4.33. The van der Waals surface area contributed by atoms with Crippen LogP contribution in [0.2, 0.25) is 0 Å². The molecule has 1 aromatic carbocycles. The molecule has 34 heavy (non-hydrogen) atoms. The van der Waals surface area contributed by atoms with Crippen molar-refractivity contribution < 1.29 is 29.4 Å². The molecule has 2 amide bonds. The molecule has 0 radical (unpaired) electrons. The van der Waals surface area contributed by atoms with Crippen LogP contribution < -0.4 is 36.8 Å². The van der Waals surface area contributed by atoms with Gasteiger partial charge in [-0.25, -0.2) is 4.99 Å². The third-order valence-electron chi connectivity index (χ3n) is 5.97. The zero-order valence-corrected chi connectivity index (χ0v) is 20.4. The third kappa shape index (κ3) is 5.61. The quantitative estimate of drug-likeness (QED) is 0.265. The predicted molar refractivity (Wildman–Crippen MR) is 116 cm³/mol. The van der Waals surface area contributed by atoms with Crippen molar-refractivity contribution in [3.63, 3.8) is 0 Å². The number of guanidine groups is 1. The van der Waals surface area contributed by atoms with Crippen molar-refractivity contribution in [3.05, 3.63) is 29.8 Å². The number of hydrogen-bond acceptors (Lipinski definition) is 11. The minimum Gasteiger partial charge on any atom is -0.550 e. The van der Waals surface area contributed by atoms with Crippen molar-refractivity contribution in [2.45, 2.75) is 37.1 Å². The Kier molecular flexibility index (Phi) is 8.36. The number of carbonyl (C=O) groups is 4. The molecule has 0 spiro atoms. The van der Waals surface area contributed by atoms with E-state index in [2.05, 4.69) is 30.7 Å².